The van der Waals surface area contributed by atoms with Crippen molar-refractivity contribution in [3.05, 3.63) is 26.7 Å². The molecule has 0 aliphatic carbocycles. The SMILES string of the molecule is CCCn1c(CC)nc2c1c(=O)n(C)c(=O)n2C.CNC.Cl. The third-order valence-corrected chi connectivity index (χ3v) is 3.19. The summed E-state index contributed by atoms with van der Waals surface area (Å²) in [6, 6.07) is 0. The molecule has 0 aromatic carbocycles. The van der Waals surface area contributed by atoms with E-state index >= 15 is 0 Å². The summed E-state index contributed by atoms with van der Waals surface area (Å²) >= 11 is 0. The van der Waals surface area contributed by atoms with E-state index in [0.717, 1.165) is 29.8 Å². The summed E-state index contributed by atoms with van der Waals surface area (Å²) in [6.07, 6.45) is 1.66. The van der Waals surface area contributed by atoms with Crippen LogP contribution in [0.2, 0.25) is 0 Å². The number of halogens is 1. The molecule has 22 heavy (non-hydrogen) atoms. The quantitative estimate of drug-likeness (QED) is 0.897. The maximum Gasteiger partial charge on any atom is 0.332 e. The van der Waals surface area contributed by atoms with Crippen molar-refractivity contribution in [3.8, 4) is 0 Å². The number of rotatable bonds is 3. The van der Waals surface area contributed by atoms with Crippen LogP contribution in [0.4, 0.5) is 0 Å². The monoisotopic (exact) mass is 331 g/mol. The molecule has 2 aromatic rings. The van der Waals surface area contributed by atoms with E-state index < -0.39 is 0 Å². The molecule has 1 N–H and O–H groups in total. The van der Waals surface area contributed by atoms with Gasteiger partial charge in [0.05, 0.1) is 0 Å². The molecule has 2 aromatic heterocycles. The van der Waals surface area contributed by atoms with Crippen molar-refractivity contribution in [2.75, 3.05) is 14.1 Å². The van der Waals surface area contributed by atoms with Gasteiger partial charge in [-0.25, -0.2) is 9.78 Å². The van der Waals surface area contributed by atoms with Gasteiger partial charge in [-0.15, -0.1) is 12.4 Å². The minimum Gasteiger partial charge on any atom is -0.323 e. The molecular weight excluding hydrogens is 306 g/mol. The number of imidazole rings is 1. The largest absolute Gasteiger partial charge is 0.332 e. The average Bonchev–Trinajstić information content (AvgIpc) is 2.83. The van der Waals surface area contributed by atoms with Gasteiger partial charge in [-0.05, 0) is 20.5 Å². The van der Waals surface area contributed by atoms with Gasteiger partial charge in [0.25, 0.3) is 5.56 Å². The zero-order valence-electron chi connectivity index (χ0n) is 14.1. The number of nitrogens with zero attached hydrogens (tertiary/aromatic N) is 4. The van der Waals surface area contributed by atoms with E-state index in [1.165, 1.54) is 11.6 Å². The second-order valence-corrected chi connectivity index (χ2v) is 4.91. The molecule has 0 amide bonds. The lowest BCUT2D eigenvalue weighted by molar-refractivity contribution is 0.651. The van der Waals surface area contributed by atoms with Gasteiger partial charge in [0.15, 0.2) is 11.2 Å². The first-order chi connectivity index (χ1) is 9.94. The molecule has 0 saturated carbocycles. The molecule has 0 bridgehead atoms. The van der Waals surface area contributed by atoms with E-state index in [-0.39, 0.29) is 23.7 Å². The average molecular weight is 332 g/mol. The summed E-state index contributed by atoms with van der Waals surface area (Å²) in [5, 5.41) is 2.75. The van der Waals surface area contributed by atoms with Gasteiger partial charge < -0.3 is 9.88 Å². The molecule has 0 radical (unpaired) electrons. The summed E-state index contributed by atoms with van der Waals surface area (Å²) in [5.41, 5.74) is 0.400. The molecule has 0 spiro atoms. The zero-order chi connectivity index (χ0) is 16.2. The summed E-state index contributed by atoms with van der Waals surface area (Å²) in [5.74, 6) is 0.852. The maximum atomic E-state index is 12.2. The third kappa shape index (κ3) is 3.59. The van der Waals surface area contributed by atoms with Crippen LogP contribution in [-0.2, 0) is 27.1 Å². The lowest BCUT2D eigenvalue weighted by Crippen LogP contribution is -2.37. The second kappa shape index (κ2) is 8.75. The highest BCUT2D eigenvalue weighted by molar-refractivity contribution is 5.85. The van der Waals surface area contributed by atoms with Gasteiger partial charge in [-0.1, -0.05) is 13.8 Å². The Balaban J connectivity index is 0.00000102. The fourth-order valence-corrected chi connectivity index (χ4v) is 2.23. The third-order valence-electron chi connectivity index (χ3n) is 3.19. The van der Waals surface area contributed by atoms with Crippen LogP contribution < -0.4 is 16.6 Å². The van der Waals surface area contributed by atoms with Crippen LogP contribution in [0.1, 0.15) is 26.1 Å². The van der Waals surface area contributed by atoms with E-state index in [2.05, 4.69) is 17.2 Å². The highest BCUT2D eigenvalue weighted by Gasteiger charge is 2.17. The van der Waals surface area contributed by atoms with Gasteiger partial charge in [0.1, 0.15) is 5.82 Å². The summed E-state index contributed by atoms with van der Waals surface area (Å²) in [4.78, 5) is 28.5. The van der Waals surface area contributed by atoms with E-state index in [1.807, 2.05) is 25.6 Å². The minimum atomic E-state index is -0.337. The van der Waals surface area contributed by atoms with Gasteiger partial charge in [0, 0.05) is 27.1 Å². The van der Waals surface area contributed by atoms with Crippen LogP contribution in [0.25, 0.3) is 11.2 Å². The molecule has 0 aliphatic rings. The van der Waals surface area contributed by atoms with E-state index in [0.29, 0.717) is 11.2 Å². The zero-order valence-corrected chi connectivity index (χ0v) is 15.0. The van der Waals surface area contributed by atoms with E-state index in [4.69, 9.17) is 0 Å². The van der Waals surface area contributed by atoms with Crippen molar-refractivity contribution in [3.63, 3.8) is 0 Å². The fourth-order valence-electron chi connectivity index (χ4n) is 2.23. The van der Waals surface area contributed by atoms with Crippen LogP contribution >= 0.6 is 12.4 Å². The summed E-state index contributed by atoms with van der Waals surface area (Å²) in [7, 11) is 6.89. The molecule has 0 saturated heterocycles. The van der Waals surface area contributed by atoms with Crippen molar-refractivity contribution in [2.45, 2.75) is 33.2 Å². The van der Waals surface area contributed by atoms with Crippen molar-refractivity contribution >= 4 is 23.6 Å². The van der Waals surface area contributed by atoms with Crippen LogP contribution in [-0.4, -0.2) is 32.8 Å². The minimum absolute atomic E-state index is 0. The lowest BCUT2D eigenvalue weighted by Gasteiger charge is -2.06. The highest BCUT2D eigenvalue weighted by atomic mass is 35.5. The predicted molar refractivity (Wildman–Crippen MR) is 92.1 cm³/mol. The van der Waals surface area contributed by atoms with E-state index in [9.17, 15) is 9.59 Å². The number of fused-ring (bicyclic) bond motifs is 1. The Morgan fingerprint density at radius 2 is 1.64 bits per heavy atom. The molecule has 2 heterocycles. The Morgan fingerprint density at radius 1 is 1.09 bits per heavy atom. The Labute approximate surface area is 136 Å². The smallest absolute Gasteiger partial charge is 0.323 e. The summed E-state index contributed by atoms with van der Waals surface area (Å²) < 4.78 is 4.49. The first-order valence-electron chi connectivity index (χ1n) is 7.18. The maximum absolute atomic E-state index is 12.2. The molecular formula is C14H26ClN5O2. The first kappa shape index (κ1) is 20.4. The Kier molecular flexibility index (Phi) is 8.11. The van der Waals surface area contributed by atoms with Crippen LogP contribution in [0.5, 0.6) is 0 Å². The normalized spacial score (nSPS) is 10.1. The van der Waals surface area contributed by atoms with Crippen molar-refractivity contribution in [2.24, 2.45) is 14.1 Å². The molecule has 0 fully saturated rings. The number of aryl methyl sites for hydroxylation is 3. The van der Waals surface area contributed by atoms with Gasteiger partial charge in [-0.3, -0.25) is 13.9 Å². The molecule has 0 aliphatic heterocycles. The molecule has 0 atom stereocenters. The van der Waals surface area contributed by atoms with Gasteiger partial charge >= 0.3 is 5.69 Å². The van der Waals surface area contributed by atoms with Gasteiger partial charge in [-0.2, -0.15) is 0 Å². The number of hydrogen-bond donors (Lipinski definition) is 1. The number of nitrogens with one attached hydrogen (secondary N) is 1. The molecule has 0 unspecified atom stereocenters. The Morgan fingerprint density at radius 3 is 2.09 bits per heavy atom. The van der Waals surface area contributed by atoms with Crippen molar-refractivity contribution < 1.29 is 0 Å². The second-order valence-electron chi connectivity index (χ2n) is 4.91. The number of aromatic nitrogens is 4. The molecule has 2 rings (SSSR count). The summed E-state index contributed by atoms with van der Waals surface area (Å²) in [6.45, 7) is 4.79. The van der Waals surface area contributed by atoms with Crippen LogP contribution in [0.3, 0.4) is 0 Å². The molecule has 126 valence electrons. The standard InChI is InChI=1S/C12H18N4O2.C2H7N.ClH/c1-5-7-16-8(6-2)13-10-9(16)11(17)15(4)12(18)14(10)3;1-3-2;/h5-7H2,1-4H3;3H,1-2H3;1H. The van der Waals surface area contributed by atoms with Crippen molar-refractivity contribution in [1.29, 1.82) is 0 Å². The van der Waals surface area contributed by atoms with Crippen LogP contribution in [0.15, 0.2) is 9.59 Å². The Bertz CT molecular complexity index is 729. The van der Waals surface area contributed by atoms with Crippen molar-refractivity contribution in [1.82, 2.24) is 24.0 Å². The first-order valence-corrected chi connectivity index (χ1v) is 7.18. The number of hydrogen-bond acceptors (Lipinski definition) is 4. The molecule has 7 nitrogen and oxygen atoms in total. The topological polar surface area (TPSA) is 73.8 Å². The van der Waals surface area contributed by atoms with E-state index in [1.54, 1.807) is 7.05 Å². The lowest BCUT2D eigenvalue weighted by atomic mass is 10.4. The molecule has 8 heteroatoms. The Hall–Kier alpha value is -1.60. The van der Waals surface area contributed by atoms with Crippen LogP contribution in [0, 0.1) is 0 Å². The van der Waals surface area contributed by atoms with Gasteiger partial charge in [0.2, 0.25) is 0 Å². The predicted octanol–water partition coefficient (Wildman–Crippen LogP) is 0.663. The highest BCUT2D eigenvalue weighted by Crippen LogP contribution is 2.12. The fraction of sp³-hybridized carbons (Fsp3) is 0.643.